The van der Waals surface area contributed by atoms with Crippen LogP contribution < -0.4 is 5.73 Å². The fraction of sp³-hybridized carbons (Fsp3) is 0.938. The molecule has 0 bridgehead atoms. The Morgan fingerprint density at radius 1 is 1.15 bits per heavy atom. The maximum absolute atomic E-state index is 12.5. The maximum atomic E-state index is 12.5. The number of hydrogen-bond acceptors (Lipinski definition) is 3. The van der Waals surface area contributed by atoms with Crippen molar-refractivity contribution in [3.8, 4) is 0 Å². The lowest BCUT2D eigenvalue weighted by Gasteiger charge is -2.42. The summed E-state index contributed by atoms with van der Waals surface area (Å²) in [4.78, 5) is 17.1. The highest BCUT2D eigenvalue weighted by molar-refractivity contribution is 5.85. The predicted molar refractivity (Wildman–Crippen MR) is 82.5 cm³/mol. The third-order valence-electron chi connectivity index (χ3n) is 4.95. The number of carbonyl (C=O) groups excluding carboxylic acids is 1. The molecule has 2 fully saturated rings. The topological polar surface area (TPSA) is 49.6 Å². The van der Waals surface area contributed by atoms with Crippen LogP contribution in [0.4, 0.5) is 0 Å². The molecule has 1 aliphatic carbocycles. The molecule has 4 heteroatoms. The van der Waals surface area contributed by atoms with Crippen molar-refractivity contribution in [3.05, 3.63) is 0 Å². The number of piperazine rings is 1. The zero-order chi connectivity index (χ0) is 14.6. The van der Waals surface area contributed by atoms with E-state index in [-0.39, 0.29) is 5.91 Å². The fourth-order valence-electron chi connectivity index (χ4n) is 3.72. The molecule has 20 heavy (non-hydrogen) atoms. The summed E-state index contributed by atoms with van der Waals surface area (Å²) in [5.74, 6) is 0.141. The van der Waals surface area contributed by atoms with E-state index in [0.717, 1.165) is 45.1 Å². The van der Waals surface area contributed by atoms with Crippen LogP contribution in [-0.4, -0.2) is 53.5 Å². The Kier molecular flexibility index (Phi) is 5.44. The summed E-state index contributed by atoms with van der Waals surface area (Å²) in [6, 6.07) is 0.765. The molecule has 1 heterocycles. The van der Waals surface area contributed by atoms with Crippen LogP contribution in [0.2, 0.25) is 0 Å². The van der Waals surface area contributed by atoms with Gasteiger partial charge in [0.25, 0.3) is 0 Å². The Labute approximate surface area is 123 Å². The van der Waals surface area contributed by atoms with Crippen molar-refractivity contribution >= 4 is 5.91 Å². The van der Waals surface area contributed by atoms with E-state index in [2.05, 4.69) is 11.8 Å². The molecule has 2 rings (SSSR count). The van der Waals surface area contributed by atoms with Crippen molar-refractivity contribution in [2.75, 3.05) is 26.2 Å². The lowest BCUT2D eigenvalue weighted by atomic mass is 9.93. The fourth-order valence-corrected chi connectivity index (χ4v) is 3.72. The first-order chi connectivity index (χ1) is 9.54. The highest BCUT2D eigenvalue weighted by Crippen LogP contribution is 2.24. The first kappa shape index (κ1) is 15.8. The van der Waals surface area contributed by atoms with E-state index in [1.165, 1.54) is 32.1 Å². The monoisotopic (exact) mass is 281 g/mol. The van der Waals surface area contributed by atoms with Crippen molar-refractivity contribution in [1.29, 1.82) is 0 Å². The Morgan fingerprint density at radius 3 is 2.30 bits per heavy atom. The van der Waals surface area contributed by atoms with Gasteiger partial charge in [-0.25, -0.2) is 0 Å². The third kappa shape index (κ3) is 3.73. The van der Waals surface area contributed by atoms with Crippen LogP contribution >= 0.6 is 0 Å². The third-order valence-corrected chi connectivity index (χ3v) is 4.95. The Hall–Kier alpha value is -0.610. The maximum Gasteiger partial charge on any atom is 0.242 e. The summed E-state index contributed by atoms with van der Waals surface area (Å²) in [6.07, 6.45) is 8.58. The van der Waals surface area contributed by atoms with E-state index in [1.807, 2.05) is 11.8 Å². The molecule has 1 amide bonds. The van der Waals surface area contributed by atoms with Gasteiger partial charge in [0.05, 0.1) is 5.54 Å². The molecular weight excluding hydrogens is 250 g/mol. The van der Waals surface area contributed by atoms with Gasteiger partial charge in [0.1, 0.15) is 0 Å². The number of rotatable bonds is 4. The van der Waals surface area contributed by atoms with Crippen LogP contribution in [0, 0.1) is 0 Å². The number of amides is 1. The summed E-state index contributed by atoms with van der Waals surface area (Å²) in [5.41, 5.74) is 5.50. The van der Waals surface area contributed by atoms with E-state index in [9.17, 15) is 4.79 Å². The molecule has 4 nitrogen and oxygen atoms in total. The van der Waals surface area contributed by atoms with Crippen LogP contribution in [0.25, 0.3) is 0 Å². The van der Waals surface area contributed by atoms with Crippen molar-refractivity contribution in [2.24, 2.45) is 5.73 Å². The Balaban J connectivity index is 1.82. The van der Waals surface area contributed by atoms with E-state index >= 15 is 0 Å². The average Bonchev–Trinajstić information content (AvgIpc) is 2.47. The smallest absolute Gasteiger partial charge is 0.242 e. The summed E-state index contributed by atoms with van der Waals surface area (Å²) in [7, 11) is 0. The molecule has 0 aromatic carbocycles. The van der Waals surface area contributed by atoms with Gasteiger partial charge in [-0.3, -0.25) is 9.69 Å². The molecular formula is C16H31N3O. The SMILES string of the molecule is CCCC(C)(N)C(=O)N1CCN(C2CCCCC2)CC1. The standard InChI is InChI=1S/C16H31N3O/c1-3-9-16(2,17)15(20)19-12-10-18(11-13-19)14-7-5-4-6-8-14/h14H,3-13,17H2,1-2H3. The number of hydrogen-bond donors (Lipinski definition) is 1. The largest absolute Gasteiger partial charge is 0.339 e. The minimum atomic E-state index is -0.679. The van der Waals surface area contributed by atoms with Gasteiger partial charge in [0, 0.05) is 32.2 Å². The van der Waals surface area contributed by atoms with Gasteiger partial charge in [0.15, 0.2) is 0 Å². The molecule has 116 valence electrons. The Morgan fingerprint density at radius 2 is 1.75 bits per heavy atom. The van der Waals surface area contributed by atoms with Crippen molar-refractivity contribution in [1.82, 2.24) is 9.80 Å². The zero-order valence-electron chi connectivity index (χ0n) is 13.2. The number of nitrogens with zero attached hydrogens (tertiary/aromatic N) is 2. The molecule has 1 saturated carbocycles. The van der Waals surface area contributed by atoms with E-state index in [0.29, 0.717) is 0 Å². The summed E-state index contributed by atoms with van der Waals surface area (Å²) in [6.45, 7) is 7.72. The van der Waals surface area contributed by atoms with Crippen LogP contribution in [0.15, 0.2) is 0 Å². The number of nitrogens with two attached hydrogens (primary N) is 1. The number of carbonyl (C=O) groups is 1. The predicted octanol–water partition coefficient (Wildman–Crippen LogP) is 1.98. The second kappa shape index (κ2) is 6.90. The normalized spacial score (nSPS) is 25.4. The van der Waals surface area contributed by atoms with Crippen molar-refractivity contribution in [2.45, 2.75) is 70.4 Å². The van der Waals surface area contributed by atoms with Crippen LogP contribution in [-0.2, 0) is 4.79 Å². The molecule has 1 atom stereocenters. The quantitative estimate of drug-likeness (QED) is 0.857. The molecule has 1 aliphatic heterocycles. The van der Waals surface area contributed by atoms with Gasteiger partial charge in [-0.15, -0.1) is 0 Å². The van der Waals surface area contributed by atoms with Crippen molar-refractivity contribution < 1.29 is 4.79 Å². The van der Waals surface area contributed by atoms with Gasteiger partial charge in [-0.05, 0) is 26.2 Å². The lowest BCUT2D eigenvalue weighted by molar-refractivity contribution is -0.138. The summed E-state index contributed by atoms with van der Waals surface area (Å²) >= 11 is 0. The lowest BCUT2D eigenvalue weighted by Crippen LogP contribution is -2.59. The minimum absolute atomic E-state index is 0.141. The van der Waals surface area contributed by atoms with E-state index in [4.69, 9.17) is 5.73 Å². The highest BCUT2D eigenvalue weighted by Gasteiger charge is 2.34. The first-order valence-electron chi connectivity index (χ1n) is 8.37. The van der Waals surface area contributed by atoms with E-state index < -0.39 is 5.54 Å². The molecule has 0 aromatic heterocycles. The van der Waals surface area contributed by atoms with E-state index in [1.54, 1.807) is 0 Å². The molecule has 0 spiro atoms. The molecule has 0 radical (unpaired) electrons. The molecule has 0 aromatic rings. The van der Waals surface area contributed by atoms with Gasteiger partial charge in [-0.2, -0.15) is 0 Å². The van der Waals surface area contributed by atoms with Gasteiger partial charge in [0.2, 0.25) is 5.91 Å². The van der Waals surface area contributed by atoms with Crippen LogP contribution in [0.1, 0.15) is 58.8 Å². The molecule has 1 unspecified atom stereocenters. The first-order valence-corrected chi connectivity index (χ1v) is 8.37. The highest BCUT2D eigenvalue weighted by atomic mass is 16.2. The summed E-state index contributed by atoms with van der Waals surface area (Å²) < 4.78 is 0. The summed E-state index contributed by atoms with van der Waals surface area (Å²) in [5, 5.41) is 0. The molecule has 2 aliphatic rings. The van der Waals surface area contributed by atoms with Gasteiger partial charge < -0.3 is 10.6 Å². The molecule has 2 N–H and O–H groups in total. The Bertz CT molecular complexity index is 316. The zero-order valence-corrected chi connectivity index (χ0v) is 13.2. The van der Waals surface area contributed by atoms with Gasteiger partial charge >= 0.3 is 0 Å². The second-order valence-electron chi connectivity index (χ2n) is 6.79. The van der Waals surface area contributed by atoms with Crippen molar-refractivity contribution in [3.63, 3.8) is 0 Å². The van der Waals surface area contributed by atoms with Gasteiger partial charge in [-0.1, -0.05) is 32.6 Å². The second-order valence-corrected chi connectivity index (χ2v) is 6.79. The minimum Gasteiger partial charge on any atom is -0.339 e. The average molecular weight is 281 g/mol. The van der Waals surface area contributed by atoms with Crippen LogP contribution in [0.3, 0.4) is 0 Å². The molecule has 1 saturated heterocycles. The van der Waals surface area contributed by atoms with Crippen LogP contribution in [0.5, 0.6) is 0 Å².